The lowest BCUT2D eigenvalue weighted by Gasteiger charge is -2.36. The van der Waals surface area contributed by atoms with Crippen molar-refractivity contribution in [2.75, 3.05) is 37.7 Å². The second-order valence-corrected chi connectivity index (χ2v) is 10.7. The number of ether oxygens (including phenoxy) is 2. The Morgan fingerprint density at radius 2 is 2.18 bits per heavy atom. The first-order valence-electron chi connectivity index (χ1n) is 12.5. The van der Waals surface area contributed by atoms with Gasteiger partial charge >= 0.3 is 5.97 Å². The summed E-state index contributed by atoms with van der Waals surface area (Å²) in [5, 5.41) is 2.77. The van der Waals surface area contributed by atoms with E-state index in [1.165, 1.54) is 15.4 Å². The van der Waals surface area contributed by atoms with Gasteiger partial charge in [0, 0.05) is 25.9 Å². The Balaban J connectivity index is 1.57. The van der Waals surface area contributed by atoms with Crippen LogP contribution in [0, 0.1) is 0 Å². The molecule has 0 aliphatic carbocycles. The van der Waals surface area contributed by atoms with E-state index in [1.54, 1.807) is 36.2 Å². The van der Waals surface area contributed by atoms with E-state index in [9.17, 15) is 19.2 Å². The summed E-state index contributed by atoms with van der Waals surface area (Å²) in [6.07, 6.45) is 4.60. The zero-order chi connectivity index (χ0) is 26.8. The summed E-state index contributed by atoms with van der Waals surface area (Å²) in [6.45, 7) is 3.51. The lowest BCUT2D eigenvalue weighted by atomic mass is 10.1. The molecule has 5 heterocycles. The lowest BCUT2D eigenvalue weighted by molar-refractivity contribution is -0.145. The number of piperazine rings is 1. The van der Waals surface area contributed by atoms with Gasteiger partial charge in [-0.05, 0) is 38.0 Å². The molecular formula is C25H27N5O6S2. The fourth-order valence-electron chi connectivity index (χ4n) is 4.77. The molecule has 11 nitrogen and oxygen atoms in total. The van der Waals surface area contributed by atoms with E-state index in [-0.39, 0.29) is 47.2 Å². The van der Waals surface area contributed by atoms with Gasteiger partial charge in [-0.3, -0.25) is 28.5 Å². The van der Waals surface area contributed by atoms with Crippen molar-refractivity contribution in [1.82, 2.24) is 19.6 Å². The van der Waals surface area contributed by atoms with E-state index in [2.05, 4.69) is 5.32 Å². The number of thioether (sulfide) groups is 1. The Hall–Kier alpha value is -3.29. The maximum atomic E-state index is 13.7. The van der Waals surface area contributed by atoms with E-state index in [4.69, 9.17) is 26.7 Å². The maximum Gasteiger partial charge on any atom is 0.308 e. The number of nitrogens with one attached hydrogen (secondary N) is 1. The van der Waals surface area contributed by atoms with E-state index < -0.39 is 17.6 Å². The van der Waals surface area contributed by atoms with Crippen LogP contribution in [0.3, 0.4) is 0 Å². The molecule has 0 saturated carbocycles. The van der Waals surface area contributed by atoms with Gasteiger partial charge in [0.1, 0.15) is 21.8 Å². The van der Waals surface area contributed by atoms with Gasteiger partial charge in [-0.25, -0.2) is 4.98 Å². The fraction of sp³-hybridized carbons (Fsp3) is 0.440. The summed E-state index contributed by atoms with van der Waals surface area (Å²) in [7, 11) is 0. The molecule has 13 heteroatoms. The molecule has 5 rings (SSSR count). The van der Waals surface area contributed by atoms with Gasteiger partial charge in [0.05, 0.1) is 36.1 Å². The van der Waals surface area contributed by atoms with Crippen molar-refractivity contribution in [3.8, 4) is 0 Å². The highest BCUT2D eigenvalue weighted by Gasteiger charge is 2.37. The molecule has 200 valence electrons. The van der Waals surface area contributed by atoms with Gasteiger partial charge in [-0.15, -0.1) is 0 Å². The second-order valence-electron chi connectivity index (χ2n) is 9.02. The third kappa shape index (κ3) is 5.18. The molecule has 3 aliphatic rings. The quantitative estimate of drug-likeness (QED) is 0.303. The Labute approximate surface area is 228 Å². The number of esters is 1. The summed E-state index contributed by atoms with van der Waals surface area (Å²) >= 11 is 6.59. The minimum atomic E-state index is -0.929. The summed E-state index contributed by atoms with van der Waals surface area (Å²) < 4.78 is 12.5. The van der Waals surface area contributed by atoms with E-state index >= 15 is 0 Å². The number of rotatable bonds is 7. The Morgan fingerprint density at radius 3 is 2.95 bits per heavy atom. The first kappa shape index (κ1) is 26.3. The number of carbonyl (C=O) groups excluding carboxylic acids is 3. The standard InChI is InChI=1S/C25H27N5O6S2/c1-2-35-20(31)13-17-22(32)26-8-10-28(17)21-16(23(33)29-9-4-3-7-19(29)27-21)12-18-24(34)30(25(37)38-18)14-15-6-5-11-36-15/h3-4,7,9,12,15,17H,2,5-6,8,10-11,13-14H2,1H3,(H,26,32)/b18-12+/t15-,17-/m1/s1. The molecule has 2 atom stereocenters. The topological polar surface area (TPSA) is 123 Å². The zero-order valence-electron chi connectivity index (χ0n) is 20.8. The molecule has 0 aromatic carbocycles. The van der Waals surface area contributed by atoms with E-state index in [0.29, 0.717) is 36.2 Å². The second kappa shape index (κ2) is 11.2. The number of hydrogen-bond acceptors (Lipinski definition) is 10. The SMILES string of the molecule is CCOC(=O)C[C@@H]1C(=O)NCCN1c1nc2ccccn2c(=O)c1/C=C1/SC(=S)N(C[C@H]2CCCO2)C1=O. The molecule has 2 aromatic heterocycles. The number of anilines is 1. The van der Waals surface area contributed by atoms with Gasteiger partial charge in [0.15, 0.2) is 0 Å². The number of pyridine rings is 1. The molecule has 3 aliphatic heterocycles. The predicted molar refractivity (Wildman–Crippen MR) is 146 cm³/mol. The summed E-state index contributed by atoms with van der Waals surface area (Å²) in [5.74, 6) is -0.991. The molecule has 38 heavy (non-hydrogen) atoms. The maximum absolute atomic E-state index is 13.7. The monoisotopic (exact) mass is 557 g/mol. The summed E-state index contributed by atoms with van der Waals surface area (Å²) in [6, 6.07) is 4.21. The summed E-state index contributed by atoms with van der Waals surface area (Å²) in [4.78, 5) is 60.4. The molecule has 3 saturated heterocycles. The molecule has 0 spiro atoms. The van der Waals surface area contributed by atoms with Crippen LogP contribution in [0.15, 0.2) is 34.1 Å². The fourth-order valence-corrected chi connectivity index (χ4v) is 6.02. The highest BCUT2D eigenvalue weighted by atomic mass is 32.2. The summed E-state index contributed by atoms with van der Waals surface area (Å²) in [5.41, 5.74) is 0.0992. The first-order chi connectivity index (χ1) is 18.4. The number of carbonyl (C=O) groups is 3. The average molecular weight is 558 g/mol. The van der Waals surface area contributed by atoms with E-state index in [0.717, 1.165) is 24.6 Å². The largest absolute Gasteiger partial charge is 0.466 e. The third-order valence-corrected chi connectivity index (χ3v) is 7.95. The zero-order valence-corrected chi connectivity index (χ0v) is 22.4. The van der Waals surface area contributed by atoms with Crippen LogP contribution in [0.4, 0.5) is 5.82 Å². The van der Waals surface area contributed by atoms with Gasteiger partial charge < -0.3 is 19.7 Å². The molecule has 2 amide bonds. The smallest absolute Gasteiger partial charge is 0.308 e. The van der Waals surface area contributed by atoms with Crippen molar-refractivity contribution in [3.63, 3.8) is 0 Å². The molecule has 3 fully saturated rings. The number of amides is 2. The highest BCUT2D eigenvalue weighted by Crippen LogP contribution is 2.35. The third-order valence-electron chi connectivity index (χ3n) is 6.58. The van der Waals surface area contributed by atoms with Crippen LogP contribution in [0.25, 0.3) is 11.7 Å². The Kier molecular flexibility index (Phi) is 7.77. The molecule has 1 N–H and O–H groups in total. The van der Waals surface area contributed by atoms with Crippen LogP contribution in [-0.2, 0) is 23.9 Å². The van der Waals surface area contributed by atoms with Crippen molar-refractivity contribution in [3.05, 3.63) is 45.2 Å². The van der Waals surface area contributed by atoms with E-state index in [1.807, 2.05) is 0 Å². The Bertz CT molecular complexity index is 1390. The van der Waals surface area contributed by atoms with Crippen LogP contribution in [0.1, 0.15) is 31.7 Å². The number of aromatic nitrogens is 2. The lowest BCUT2D eigenvalue weighted by Crippen LogP contribution is -2.57. The van der Waals surface area contributed by atoms with Crippen molar-refractivity contribution >= 4 is 63.6 Å². The Morgan fingerprint density at radius 1 is 1.34 bits per heavy atom. The van der Waals surface area contributed by atoms with Gasteiger partial charge in [-0.1, -0.05) is 30.0 Å². The predicted octanol–water partition coefficient (Wildman–Crippen LogP) is 1.33. The van der Waals surface area contributed by atoms with Crippen LogP contribution < -0.4 is 15.8 Å². The number of fused-ring (bicyclic) bond motifs is 1. The molecule has 0 unspecified atom stereocenters. The van der Waals surface area contributed by atoms with Crippen LogP contribution in [0.2, 0.25) is 0 Å². The van der Waals surface area contributed by atoms with Crippen molar-refractivity contribution in [1.29, 1.82) is 0 Å². The highest BCUT2D eigenvalue weighted by molar-refractivity contribution is 8.26. The minimum Gasteiger partial charge on any atom is -0.466 e. The van der Waals surface area contributed by atoms with Crippen LogP contribution in [-0.4, -0.2) is 81.4 Å². The van der Waals surface area contributed by atoms with Crippen molar-refractivity contribution < 1.29 is 23.9 Å². The first-order valence-corrected chi connectivity index (χ1v) is 13.7. The molecular weight excluding hydrogens is 530 g/mol. The number of hydrogen-bond donors (Lipinski definition) is 1. The molecule has 0 bridgehead atoms. The van der Waals surface area contributed by atoms with Gasteiger partial charge in [0.25, 0.3) is 11.5 Å². The average Bonchev–Trinajstić information content (AvgIpc) is 3.51. The molecule has 0 radical (unpaired) electrons. The number of nitrogens with zero attached hydrogens (tertiary/aromatic N) is 4. The minimum absolute atomic E-state index is 0.0733. The number of thiocarbonyl (C=S) groups is 1. The van der Waals surface area contributed by atoms with Crippen molar-refractivity contribution in [2.45, 2.75) is 38.3 Å². The normalized spacial score (nSPS) is 23.0. The van der Waals surface area contributed by atoms with Crippen LogP contribution in [0.5, 0.6) is 0 Å². The molecule has 2 aromatic rings. The van der Waals surface area contributed by atoms with Crippen LogP contribution >= 0.6 is 24.0 Å². The van der Waals surface area contributed by atoms with Crippen molar-refractivity contribution in [2.24, 2.45) is 0 Å². The van der Waals surface area contributed by atoms with Gasteiger partial charge in [-0.2, -0.15) is 0 Å². The van der Waals surface area contributed by atoms with Gasteiger partial charge in [0.2, 0.25) is 5.91 Å².